The smallest absolute Gasteiger partial charge is 0.169 e. The number of nitrogens with zero attached hydrogens (tertiary/aromatic N) is 4. The Morgan fingerprint density at radius 1 is 0.200 bits per heavy atom. The Labute approximate surface area is 657 Å². The molecule has 100 heavy (non-hydrogen) atoms. The van der Waals surface area contributed by atoms with Gasteiger partial charge in [0.15, 0.2) is 24.8 Å². The van der Waals surface area contributed by atoms with Crippen molar-refractivity contribution in [2.24, 2.45) is 0 Å². The van der Waals surface area contributed by atoms with Crippen molar-refractivity contribution in [2.45, 2.75) is 414 Å². The molecule has 0 saturated heterocycles. The average Bonchev–Trinajstić information content (AvgIpc) is 0.987. The molecule has 0 radical (unpaired) electrons. The predicted molar refractivity (Wildman–Crippen MR) is 441 cm³/mol. The Hall–Kier alpha value is -2.72. The lowest BCUT2D eigenvalue weighted by Gasteiger charge is -2.25. The molecular formula is C94H162I2N4. The molecule has 572 valence electrons. The van der Waals surface area contributed by atoms with Crippen LogP contribution in [0.2, 0.25) is 0 Å². The van der Waals surface area contributed by atoms with Gasteiger partial charge in [-0.3, -0.25) is 0 Å². The van der Waals surface area contributed by atoms with E-state index in [2.05, 4.69) is 182 Å². The molecule has 6 heteroatoms. The van der Waals surface area contributed by atoms with Crippen molar-refractivity contribution >= 4 is 35.7 Å². The topological polar surface area (TPSA) is 14.2 Å². The molecule has 4 aromatic rings. The first-order chi connectivity index (χ1) is 48.5. The van der Waals surface area contributed by atoms with Gasteiger partial charge in [0, 0.05) is 74.7 Å². The van der Waals surface area contributed by atoms with Crippen LogP contribution < -0.4 is 66.9 Å². The number of unbranched alkanes of at least 4 members (excludes halogenated alkanes) is 50. The zero-order valence-corrected chi connectivity index (χ0v) is 71.2. The van der Waals surface area contributed by atoms with E-state index < -0.39 is 0 Å². The van der Waals surface area contributed by atoms with Crippen molar-refractivity contribution in [3.05, 3.63) is 120 Å². The van der Waals surface area contributed by atoms with Crippen molar-refractivity contribution in [3.8, 4) is 0 Å². The second kappa shape index (κ2) is 73.2. The van der Waals surface area contributed by atoms with E-state index in [1.54, 1.807) is 0 Å². The third-order valence-corrected chi connectivity index (χ3v) is 21.0. The molecule has 4 rings (SSSR count). The molecule has 0 aliphatic rings. The lowest BCUT2D eigenvalue weighted by Crippen LogP contribution is -3.00. The molecule has 2 aromatic carbocycles. The highest BCUT2D eigenvalue weighted by Gasteiger charge is 2.10. The van der Waals surface area contributed by atoms with Gasteiger partial charge in [-0.05, 0) is 72.2 Å². The van der Waals surface area contributed by atoms with Gasteiger partial charge in [-0.2, -0.15) is 0 Å². The van der Waals surface area contributed by atoms with Crippen molar-refractivity contribution in [1.82, 2.24) is 0 Å². The summed E-state index contributed by atoms with van der Waals surface area (Å²) in [4.78, 5) is 5.38. The fourth-order valence-electron chi connectivity index (χ4n) is 14.1. The Balaban J connectivity index is 0.000000983. The van der Waals surface area contributed by atoms with E-state index in [0.717, 1.165) is 13.1 Å². The zero-order valence-electron chi connectivity index (χ0n) is 66.9. The van der Waals surface area contributed by atoms with Gasteiger partial charge < -0.3 is 57.8 Å². The van der Waals surface area contributed by atoms with Gasteiger partial charge in [0.25, 0.3) is 0 Å². The summed E-state index contributed by atoms with van der Waals surface area (Å²) in [6.07, 6.45) is 96.7. The van der Waals surface area contributed by atoms with Gasteiger partial charge >= 0.3 is 0 Å². The molecule has 0 unspecified atom stereocenters. The molecule has 0 spiro atoms. The molecule has 0 fully saturated rings. The summed E-state index contributed by atoms with van der Waals surface area (Å²) in [7, 11) is 0. The Morgan fingerprint density at radius 3 is 0.540 bits per heavy atom. The van der Waals surface area contributed by atoms with Gasteiger partial charge in [0.05, 0.1) is 0 Å². The summed E-state index contributed by atoms with van der Waals surface area (Å²) in [5.74, 6) is 0. The van der Waals surface area contributed by atoms with Gasteiger partial charge in [0.2, 0.25) is 0 Å². The fourth-order valence-corrected chi connectivity index (χ4v) is 14.1. The first kappa shape index (κ1) is 95.3. The molecular weight excluding hydrogens is 1440 g/mol. The summed E-state index contributed by atoms with van der Waals surface area (Å²) in [5, 5.41) is 0. The highest BCUT2D eigenvalue weighted by atomic mass is 127. The van der Waals surface area contributed by atoms with Crippen LogP contribution in [0.25, 0.3) is 24.3 Å². The summed E-state index contributed by atoms with van der Waals surface area (Å²) < 4.78 is 4.58. The Kier molecular flexibility index (Phi) is 69.7. The largest absolute Gasteiger partial charge is 1.00 e. The Bertz CT molecular complexity index is 2270. The summed E-state index contributed by atoms with van der Waals surface area (Å²) in [5.41, 5.74) is 7.92. The fraction of sp³-hybridized carbons (Fsp3) is 0.723. The third kappa shape index (κ3) is 55.7. The second-order valence-electron chi connectivity index (χ2n) is 30.2. The van der Waals surface area contributed by atoms with Gasteiger partial charge in [-0.1, -0.05) is 411 Å². The highest BCUT2D eigenvalue weighted by molar-refractivity contribution is 5.71. The maximum Gasteiger partial charge on any atom is 0.169 e. The van der Waals surface area contributed by atoms with Crippen molar-refractivity contribution < 1.29 is 57.1 Å². The quantitative estimate of drug-likeness (QED) is 0.0248. The maximum absolute atomic E-state index is 2.70. The monoisotopic (exact) mass is 1600 g/mol. The van der Waals surface area contributed by atoms with Crippen LogP contribution in [0.1, 0.15) is 423 Å². The van der Waals surface area contributed by atoms with Crippen LogP contribution in [0, 0.1) is 0 Å². The number of aryl methyl sites for hydroxylation is 2. The molecule has 0 saturated carbocycles. The zero-order chi connectivity index (χ0) is 69.8. The predicted octanol–water partition coefficient (Wildman–Crippen LogP) is 23.9. The number of halogens is 2. The number of hydrogen-bond donors (Lipinski definition) is 0. The second-order valence-corrected chi connectivity index (χ2v) is 30.2. The molecule has 0 amide bonds. The van der Waals surface area contributed by atoms with Crippen LogP contribution in [0.3, 0.4) is 0 Å². The number of anilines is 2. The first-order valence-electron chi connectivity index (χ1n) is 43.6. The minimum atomic E-state index is 0. The van der Waals surface area contributed by atoms with E-state index in [1.165, 1.54) is 419 Å². The lowest BCUT2D eigenvalue weighted by atomic mass is 10.0. The van der Waals surface area contributed by atoms with Crippen molar-refractivity contribution in [2.75, 3.05) is 36.0 Å². The molecule has 2 aromatic heterocycles. The van der Waals surface area contributed by atoms with E-state index in [-0.39, 0.29) is 48.0 Å². The normalized spacial score (nSPS) is 11.3. The maximum atomic E-state index is 2.70. The number of hydrogen-bond acceptors (Lipinski definition) is 2. The summed E-state index contributed by atoms with van der Waals surface area (Å²) in [6, 6.07) is 27.7. The molecule has 0 bridgehead atoms. The highest BCUT2D eigenvalue weighted by Crippen LogP contribution is 2.24. The Morgan fingerprint density at radius 2 is 0.360 bits per heavy atom. The van der Waals surface area contributed by atoms with Crippen LogP contribution in [-0.4, -0.2) is 26.2 Å². The average molecular weight is 1600 g/mol. The summed E-state index contributed by atoms with van der Waals surface area (Å²) in [6.45, 7) is 20.8. The van der Waals surface area contributed by atoms with Gasteiger partial charge in [-0.25, -0.2) is 9.13 Å². The number of rotatable bonds is 68. The standard InChI is InChI=1S/C49H85N2.C45H77N2.2HI/c1-4-7-10-12-14-16-18-20-22-24-26-28-30-32-43-51(44-33-31-29-27-25-23-21-19-17-15-13-11-8-5-2)49-38-36-47(37-39-49)34-35-48-40-45-50(46-41-48)42-9-6-3;1-4-7-10-12-14-16-18-20-22-24-26-28-39-47(40-29-27-25-23-21-19-17-15-13-11-8-5-2)45-34-32-43(33-35-45)30-31-44-36-41-46(42-37-44)38-9-6-3;;/h34-41,45-46H,4-33,42-44H2,1-3H3;30-37,41-42H,4-29,38-40H2,1-3H3;2*1H/q2*+1;;/p-2. The van der Waals surface area contributed by atoms with Crippen molar-refractivity contribution in [1.29, 1.82) is 0 Å². The van der Waals surface area contributed by atoms with Crippen molar-refractivity contribution in [3.63, 3.8) is 0 Å². The minimum absolute atomic E-state index is 0. The number of aromatic nitrogens is 2. The minimum Gasteiger partial charge on any atom is -1.00 e. The van der Waals surface area contributed by atoms with E-state index in [4.69, 9.17) is 0 Å². The van der Waals surface area contributed by atoms with E-state index >= 15 is 0 Å². The van der Waals surface area contributed by atoms with Crippen LogP contribution in [-0.2, 0) is 13.1 Å². The molecule has 0 atom stereocenters. The number of benzene rings is 2. The molecule has 2 heterocycles. The molecule has 4 nitrogen and oxygen atoms in total. The van der Waals surface area contributed by atoms with E-state index in [9.17, 15) is 0 Å². The van der Waals surface area contributed by atoms with Crippen LogP contribution in [0.5, 0.6) is 0 Å². The molecule has 0 aliphatic heterocycles. The number of pyridine rings is 2. The van der Waals surface area contributed by atoms with Gasteiger partial charge in [-0.15, -0.1) is 0 Å². The first-order valence-corrected chi connectivity index (χ1v) is 43.6. The van der Waals surface area contributed by atoms with Crippen LogP contribution in [0.15, 0.2) is 97.6 Å². The van der Waals surface area contributed by atoms with Crippen LogP contribution in [0.4, 0.5) is 11.4 Å². The van der Waals surface area contributed by atoms with E-state index in [0.29, 0.717) is 0 Å². The van der Waals surface area contributed by atoms with Crippen LogP contribution >= 0.6 is 0 Å². The summed E-state index contributed by atoms with van der Waals surface area (Å²) >= 11 is 0. The lowest BCUT2D eigenvalue weighted by molar-refractivity contribution is -0.697. The molecule has 0 aliphatic carbocycles. The SMILES string of the molecule is CCCCCCCCCCCCCCCCN(CCCCCCCCCCCCCCCC)c1ccc(C=Cc2cc[n+](CCCC)cc2)cc1.CCCCCCCCCCCCCCN(CCCCCCCCCCCCCC)c1ccc(C=Cc2cc[n+](CCCC)cc2)cc1.[I-].[I-]. The molecule has 0 N–H and O–H groups in total. The van der Waals surface area contributed by atoms with Gasteiger partial charge in [0.1, 0.15) is 13.1 Å². The van der Waals surface area contributed by atoms with E-state index in [1.807, 2.05) is 0 Å². The third-order valence-electron chi connectivity index (χ3n) is 21.0.